The molecule has 0 aliphatic heterocycles. The summed E-state index contributed by atoms with van der Waals surface area (Å²) < 4.78 is 0. The normalized spacial score (nSPS) is 11.3. The molecule has 3 N–H and O–H groups in total. The van der Waals surface area contributed by atoms with Gasteiger partial charge in [0.2, 0.25) is 0 Å². The number of nitrogens with one attached hydrogen (secondary N) is 1. The molecule has 0 radical (unpaired) electrons. The van der Waals surface area contributed by atoms with Gasteiger partial charge < -0.3 is 11.1 Å². The van der Waals surface area contributed by atoms with E-state index in [0.29, 0.717) is 22.6 Å². The number of carbonyl (C=O) groups is 1. The molecule has 2 aromatic rings. The van der Waals surface area contributed by atoms with Gasteiger partial charge in [-0.2, -0.15) is 0 Å². The Morgan fingerprint density at radius 3 is 2.74 bits per heavy atom. The van der Waals surface area contributed by atoms with Crippen LogP contribution in [0.5, 0.6) is 0 Å². The second-order valence-corrected chi connectivity index (χ2v) is 5.45. The van der Waals surface area contributed by atoms with E-state index in [4.69, 9.17) is 17.3 Å². The minimum Gasteiger partial charge on any atom is -0.348 e. The van der Waals surface area contributed by atoms with E-state index in [9.17, 15) is 4.79 Å². The second kappa shape index (κ2) is 10.7. The zero-order valence-corrected chi connectivity index (χ0v) is 15.3. The van der Waals surface area contributed by atoms with Crippen molar-refractivity contribution in [1.82, 2.24) is 10.3 Å². The number of nitrogens with two attached hydrogens (primary N) is 1. The summed E-state index contributed by atoms with van der Waals surface area (Å²) in [6.45, 7) is 2.55. The van der Waals surface area contributed by atoms with Crippen LogP contribution in [0, 0.1) is 0 Å². The number of nitrogens with zero attached hydrogens (tertiary/aromatic N) is 1. The lowest BCUT2D eigenvalue weighted by Crippen LogP contribution is -2.40. The molecule has 23 heavy (non-hydrogen) atoms. The van der Waals surface area contributed by atoms with Crippen LogP contribution in [0.3, 0.4) is 0 Å². The molecule has 4 nitrogen and oxygen atoms in total. The van der Waals surface area contributed by atoms with Gasteiger partial charge >= 0.3 is 0 Å². The highest BCUT2D eigenvalue weighted by Crippen LogP contribution is 2.24. The van der Waals surface area contributed by atoms with E-state index in [-0.39, 0.29) is 36.8 Å². The van der Waals surface area contributed by atoms with Crippen LogP contribution in [0.4, 0.5) is 0 Å². The molecule has 0 fully saturated rings. The molecule has 1 amide bonds. The van der Waals surface area contributed by atoms with Crippen LogP contribution in [-0.4, -0.2) is 23.5 Å². The molecule has 1 heterocycles. The van der Waals surface area contributed by atoms with Crippen LogP contribution >= 0.6 is 36.4 Å². The third kappa shape index (κ3) is 5.50. The Labute approximate surface area is 154 Å². The molecule has 1 aromatic heterocycles. The first-order valence-electron chi connectivity index (χ1n) is 7.21. The lowest BCUT2D eigenvalue weighted by atomic mass is 10.1. The zero-order valence-electron chi connectivity index (χ0n) is 12.9. The lowest BCUT2D eigenvalue weighted by molar-refractivity contribution is 0.0937. The number of hydrogen-bond acceptors (Lipinski definition) is 3. The predicted molar refractivity (Wildman–Crippen MR) is 101 cm³/mol. The molecule has 1 aromatic carbocycles. The first-order chi connectivity index (χ1) is 10.2. The van der Waals surface area contributed by atoms with E-state index in [1.807, 2.05) is 6.07 Å². The van der Waals surface area contributed by atoms with Gasteiger partial charge in [-0.25, -0.2) is 0 Å². The van der Waals surface area contributed by atoms with E-state index in [0.717, 1.165) is 24.6 Å². The van der Waals surface area contributed by atoms with Crippen molar-refractivity contribution in [1.29, 1.82) is 0 Å². The summed E-state index contributed by atoms with van der Waals surface area (Å²) in [5, 5.41) is 4.36. The molecule has 128 valence electrons. The summed E-state index contributed by atoms with van der Waals surface area (Å²) in [6.07, 6.45) is 4.67. The van der Waals surface area contributed by atoms with E-state index < -0.39 is 0 Å². The number of unbranched alkanes of at least 4 members (excludes halogenated alkanes) is 1. The molecule has 0 aliphatic rings. The Morgan fingerprint density at radius 1 is 1.35 bits per heavy atom. The lowest BCUT2D eigenvalue weighted by Gasteiger charge is -2.17. The Hall–Kier alpha value is -1.07. The Kier molecular flexibility index (Phi) is 10.2. The minimum absolute atomic E-state index is 0. The van der Waals surface area contributed by atoms with Crippen molar-refractivity contribution >= 4 is 53.2 Å². The van der Waals surface area contributed by atoms with Gasteiger partial charge in [0.1, 0.15) is 0 Å². The fourth-order valence-electron chi connectivity index (χ4n) is 2.28. The summed E-state index contributed by atoms with van der Waals surface area (Å²) in [6, 6.07) is 7.09. The van der Waals surface area contributed by atoms with E-state index in [2.05, 4.69) is 17.2 Å². The number of aromatic nitrogens is 1. The quantitative estimate of drug-likeness (QED) is 0.799. The van der Waals surface area contributed by atoms with Gasteiger partial charge in [-0.15, -0.1) is 24.8 Å². The highest BCUT2D eigenvalue weighted by Gasteiger charge is 2.16. The maximum Gasteiger partial charge on any atom is 0.253 e. The molecule has 0 saturated heterocycles. The topological polar surface area (TPSA) is 68.0 Å². The van der Waals surface area contributed by atoms with Crippen molar-refractivity contribution in [2.45, 2.75) is 32.2 Å². The predicted octanol–water partition coefficient (Wildman–Crippen LogP) is 3.98. The number of halogens is 3. The molecule has 1 atom stereocenters. The third-order valence-corrected chi connectivity index (χ3v) is 3.82. The number of fused-ring (bicyclic) bond motifs is 1. The van der Waals surface area contributed by atoms with Gasteiger partial charge in [-0.05, 0) is 30.7 Å². The van der Waals surface area contributed by atoms with Crippen LogP contribution in [0.1, 0.15) is 36.5 Å². The van der Waals surface area contributed by atoms with Gasteiger partial charge in [0, 0.05) is 24.2 Å². The first-order valence-corrected chi connectivity index (χ1v) is 7.59. The maximum atomic E-state index is 12.5. The van der Waals surface area contributed by atoms with Crippen molar-refractivity contribution in [2.75, 3.05) is 6.54 Å². The molecule has 0 spiro atoms. The van der Waals surface area contributed by atoms with Gasteiger partial charge in [0.15, 0.2) is 0 Å². The van der Waals surface area contributed by atoms with E-state index in [1.165, 1.54) is 0 Å². The molecular formula is C16H22Cl3N3O. The SMILES string of the molecule is CCCCC(CN)NC(=O)c1ccc(Cl)c2cccnc12.Cl.Cl. The Bertz CT molecular complexity index is 637. The fourth-order valence-corrected chi connectivity index (χ4v) is 2.50. The van der Waals surface area contributed by atoms with Gasteiger partial charge in [0.25, 0.3) is 5.91 Å². The van der Waals surface area contributed by atoms with Crippen LogP contribution in [0.2, 0.25) is 5.02 Å². The van der Waals surface area contributed by atoms with E-state index >= 15 is 0 Å². The van der Waals surface area contributed by atoms with Crippen LogP contribution in [-0.2, 0) is 0 Å². The van der Waals surface area contributed by atoms with Gasteiger partial charge in [-0.3, -0.25) is 9.78 Å². The molecule has 0 saturated carbocycles. The monoisotopic (exact) mass is 377 g/mol. The average Bonchev–Trinajstić information content (AvgIpc) is 2.51. The van der Waals surface area contributed by atoms with Gasteiger partial charge in [-0.1, -0.05) is 31.4 Å². The fraction of sp³-hybridized carbons (Fsp3) is 0.375. The largest absolute Gasteiger partial charge is 0.348 e. The number of carbonyl (C=O) groups excluding carboxylic acids is 1. The standard InChI is InChI=1S/C16H20ClN3O.2ClH/c1-2-3-5-11(10-18)20-16(21)13-7-8-14(17)12-6-4-9-19-15(12)13;;/h4,6-9,11H,2-3,5,10,18H2,1H3,(H,20,21);2*1H. The van der Waals surface area contributed by atoms with Crippen molar-refractivity contribution in [2.24, 2.45) is 5.73 Å². The third-order valence-electron chi connectivity index (χ3n) is 3.49. The highest BCUT2D eigenvalue weighted by molar-refractivity contribution is 6.36. The second-order valence-electron chi connectivity index (χ2n) is 5.04. The van der Waals surface area contributed by atoms with Crippen LogP contribution in [0.25, 0.3) is 10.9 Å². The number of pyridine rings is 1. The van der Waals surface area contributed by atoms with Crippen molar-refractivity contribution in [3.05, 3.63) is 41.0 Å². The van der Waals surface area contributed by atoms with Crippen molar-refractivity contribution in [3.63, 3.8) is 0 Å². The van der Waals surface area contributed by atoms with Crippen molar-refractivity contribution in [3.8, 4) is 0 Å². The van der Waals surface area contributed by atoms with Crippen LogP contribution in [0.15, 0.2) is 30.5 Å². The maximum absolute atomic E-state index is 12.5. The minimum atomic E-state index is -0.151. The Morgan fingerprint density at radius 2 is 2.09 bits per heavy atom. The number of rotatable bonds is 6. The zero-order chi connectivity index (χ0) is 15.2. The summed E-state index contributed by atoms with van der Waals surface area (Å²) in [5.74, 6) is -0.151. The van der Waals surface area contributed by atoms with Crippen molar-refractivity contribution < 1.29 is 4.79 Å². The van der Waals surface area contributed by atoms with E-state index in [1.54, 1.807) is 24.4 Å². The smallest absolute Gasteiger partial charge is 0.253 e. The molecule has 0 bridgehead atoms. The highest BCUT2D eigenvalue weighted by atomic mass is 35.5. The first kappa shape index (κ1) is 21.9. The van der Waals surface area contributed by atoms with Gasteiger partial charge in [0.05, 0.1) is 16.1 Å². The van der Waals surface area contributed by atoms with Crippen LogP contribution < -0.4 is 11.1 Å². The Balaban J connectivity index is 0.00000242. The summed E-state index contributed by atoms with van der Waals surface area (Å²) in [4.78, 5) is 16.7. The molecule has 0 aliphatic carbocycles. The molecule has 2 rings (SSSR count). The average molecular weight is 379 g/mol. The number of amides is 1. The summed E-state index contributed by atoms with van der Waals surface area (Å²) in [7, 11) is 0. The summed E-state index contributed by atoms with van der Waals surface area (Å²) >= 11 is 6.14. The molecular weight excluding hydrogens is 357 g/mol. The molecule has 7 heteroatoms. The number of hydrogen-bond donors (Lipinski definition) is 2. The summed E-state index contributed by atoms with van der Waals surface area (Å²) in [5.41, 5.74) is 6.88. The molecule has 1 unspecified atom stereocenters. The number of benzene rings is 1.